The van der Waals surface area contributed by atoms with Gasteiger partial charge in [-0.3, -0.25) is 14.2 Å². The topological polar surface area (TPSA) is 124 Å². The number of ether oxygens (including phenoxy) is 3. The van der Waals surface area contributed by atoms with Crippen molar-refractivity contribution in [3.05, 3.63) is 85.1 Å². The molecule has 0 bridgehead atoms. The van der Waals surface area contributed by atoms with Gasteiger partial charge < -0.3 is 32.6 Å². The molecule has 1 fully saturated rings. The molecule has 1 saturated heterocycles. The molecule has 0 aromatic heterocycles. The van der Waals surface area contributed by atoms with E-state index < -0.39 is 32.5 Å². The summed E-state index contributed by atoms with van der Waals surface area (Å²) in [5.74, 6) is -0.970. The molecule has 0 spiro atoms. The van der Waals surface area contributed by atoms with Crippen LogP contribution in [0.15, 0.2) is 85.1 Å². The second-order valence-electron chi connectivity index (χ2n) is 15.4. The van der Waals surface area contributed by atoms with Crippen LogP contribution in [0.25, 0.3) is 0 Å². The number of quaternary nitrogens is 1. The minimum atomic E-state index is -4.66. The number of allylic oxidation sites excluding steroid dienone is 13. The van der Waals surface area contributed by atoms with E-state index in [0.717, 1.165) is 64.2 Å². The van der Waals surface area contributed by atoms with Crippen molar-refractivity contribution in [2.45, 2.75) is 148 Å². The van der Waals surface area contributed by atoms with Crippen LogP contribution in [0.2, 0.25) is 0 Å². The Kier molecular flexibility index (Phi) is 31.2. The third-order valence-corrected chi connectivity index (χ3v) is 9.79. The van der Waals surface area contributed by atoms with E-state index in [2.05, 4.69) is 98.9 Å². The molecule has 0 aromatic carbocycles. The first-order valence-corrected chi connectivity index (χ1v) is 22.9. The van der Waals surface area contributed by atoms with E-state index in [1.807, 2.05) is 21.1 Å². The molecule has 1 aliphatic heterocycles. The number of phosphoric acid groups is 1. The molecule has 3 unspecified atom stereocenters. The summed E-state index contributed by atoms with van der Waals surface area (Å²) in [5, 5.41) is 0. The number of carbonyl (C=O) groups is 2. The fraction of sp³-hybridized carbons (Fsp3) is 0.652. The van der Waals surface area contributed by atoms with Crippen molar-refractivity contribution >= 4 is 19.8 Å². The van der Waals surface area contributed by atoms with Crippen molar-refractivity contribution in [1.82, 2.24) is 0 Å². The Hall–Kier alpha value is -2.85. The standard InChI is InChI=1S/C46H76NO9P/c1-6-8-10-12-14-16-18-20-21-22-24-26-28-30-32-36-45(48)52-40-42(41-54-57(50,51)53-39-38-47(3,4)5)55-46(49)37-33-35-44-43(56-44)34-31-29-27-25-23-19-17-15-13-11-9-7-2/h8,10,14-17,20-21,23-26,29,31,42-44H,6-7,9,11-13,18-19,22,27-28,30,32-41H2,1-5H3/b10-8-,16-14-,17-15-,21-20-,25-23-,26-24-,31-29-/t42-,43?,44?/m1/s1. The van der Waals surface area contributed by atoms with Crippen molar-refractivity contribution in [3.63, 3.8) is 0 Å². The van der Waals surface area contributed by atoms with E-state index in [0.29, 0.717) is 30.3 Å². The number of unbranched alkanes of at least 4 members (excludes halogenated alkanes) is 5. The second kappa shape index (κ2) is 34.1. The van der Waals surface area contributed by atoms with Gasteiger partial charge in [0.2, 0.25) is 0 Å². The van der Waals surface area contributed by atoms with Gasteiger partial charge in [0.1, 0.15) is 19.8 Å². The summed E-state index contributed by atoms with van der Waals surface area (Å²) in [6.07, 6.45) is 44.9. The van der Waals surface area contributed by atoms with Crippen molar-refractivity contribution in [3.8, 4) is 0 Å². The van der Waals surface area contributed by atoms with E-state index in [1.54, 1.807) is 0 Å². The molecular formula is C46H76NO9P. The van der Waals surface area contributed by atoms with Crippen LogP contribution in [0.3, 0.4) is 0 Å². The van der Waals surface area contributed by atoms with E-state index in [1.165, 1.54) is 19.3 Å². The number of hydrogen-bond acceptors (Lipinski definition) is 9. The van der Waals surface area contributed by atoms with Gasteiger partial charge in [0.15, 0.2) is 6.10 Å². The predicted octanol–water partition coefficient (Wildman–Crippen LogP) is 10.4. The van der Waals surface area contributed by atoms with Crippen LogP contribution < -0.4 is 4.89 Å². The molecule has 4 atom stereocenters. The highest BCUT2D eigenvalue weighted by atomic mass is 31.2. The first-order chi connectivity index (χ1) is 27.5. The summed E-state index contributed by atoms with van der Waals surface area (Å²) in [5.41, 5.74) is 0. The molecule has 10 nitrogen and oxygen atoms in total. The molecule has 0 radical (unpaired) electrons. The maximum Gasteiger partial charge on any atom is 0.306 e. The number of carbonyl (C=O) groups excluding carboxylic acids is 2. The predicted molar refractivity (Wildman–Crippen MR) is 230 cm³/mol. The zero-order valence-corrected chi connectivity index (χ0v) is 36.8. The van der Waals surface area contributed by atoms with E-state index in [9.17, 15) is 19.0 Å². The molecule has 0 amide bonds. The monoisotopic (exact) mass is 818 g/mol. The Labute approximate surface area is 346 Å². The Bertz CT molecular complexity index is 1310. The molecule has 1 heterocycles. The fourth-order valence-electron chi connectivity index (χ4n) is 5.38. The molecule has 0 N–H and O–H groups in total. The van der Waals surface area contributed by atoms with Gasteiger partial charge >= 0.3 is 11.9 Å². The average molecular weight is 818 g/mol. The van der Waals surface area contributed by atoms with Crippen LogP contribution >= 0.6 is 7.82 Å². The lowest BCUT2D eigenvalue weighted by Gasteiger charge is -2.28. The van der Waals surface area contributed by atoms with Gasteiger partial charge in [-0.15, -0.1) is 0 Å². The number of rotatable bonds is 36. The molecule has 1 aliphatic rings. The highest BCUT2D eigenvalue weighted by Crippen LogP contribution is 2.38. The van der Waals surface area contributed by atoms with Gasteiger partial charge in [-0.25, -0.2) is 0 Å². The third-order valence-electron chi connectivity index (χ3n) is 8.82. The van der Waals surface area contributed by atoms with Crippen molar-refractivity contribution in [1.29, 1.82) is 0 Å². The zero-order chi connectivity index (χ0) is 41.9. The van der Waals surface area contributed by atoms with Gasteiger partial charge in [-0.05, 0) is 89.9 Å². The number of hydrogen-bond donors (Lipinski definition) is 0. The molecule has 324 valence electrons. The summed E-state index contributed by atoms with van der Waals surface area (Å²) < 4.78 is 39.6. The van der Waals surface area contributed by atoms with Crippen molar-refractivity contribution in [2.24, 2.45) is 0 Å². The fourth-order valence-corrected chi connectivity index (χ4v) is 6.11. The normalized spacial score (nSPS) is 18.0. The van der Waals surface area contributed by atoms with Crippen molar-refractivity contribution < 1.29 is 46.8 Å². The van der Waals surface area contributed by atoms with Gasteiger partial charge in [0, 0.05) is 12.8 Å². The van der Waals surface area contributed by atoms with Crippen LogP contribution in [0.5, 0.6) is 0 Å². The lowest BCUT2D eigenvalue weighted by Crippen LogP contribution is -2.37. The lowest BCUT2D eigenvalue weighted by atomic mass is 10.1. The number of phosphoric ester groups is 1. The smallest absolute Gasteiger partial charge is 0.306 e. The van der Waals surface area contributed by atoms with Gasteiger partial charge in [-0.1, -0.05) is 112 Å². The van der Waals surface area contributed by atoms with E-state index in [4.69, 9.17) is 23.3 Å². The molecule has 11 heteroatoms. The Morgan fingerprint density at radius 2 is 1.21 bits per heavy atom. The SMILES string of the molecule is CC/C=C\C/C=C\C/C=C\C/C=C\CCCCC(=O)OC[C@H](COP(=O)([O-])OCC[N+](C)(C)C)OC(=O)CCCC1OC1C/C=C\C/C=C\C/C=C\CCCCC. The molecule has 0 aromatic rings. The summed E-state index contributed by atoms with van der Waals surface area (Å²) >= 11 is 0. The summed E-state index contributed by atoms with van der Waals surface area (Å²) in [7, 11) is 1.08. The minimum Gasteiger partial charge on any atom is -0.756 e. The quantitative estimate of drug-likeness (QED) is 0.0152. The van der Waals surface area contributed by atoms with Crippen LogP contribution in [0.4, 0.5) is 0 Å². The van der Waals surface area contributed by atoms with Crippen LogP contribution in [0, 0.1) is 0 Å². The van der Waals surface area contributed by atoms with Gasteiger partial charge in [0.05, 0.1) is 40.0 Å². The minimum absolute atomic E-state index is 0.0567. The summed E-state index contributed by atoms with van der Waals surface area (Å²) in [6, 6.07) is 0. The molecule has 0 saturated carbocycles. The molecule has 57 heavy (non-hydrogen) atoms. The molecule has 0 aliphatic carbocycles. The first-order valence-electron chi connectivity index (χ1n) is 21.4. The first kappa shape index (κ1) is 52.2. The molecule has 1 rings (SSSR count). The summed E-state index contributed by atoms with van der Waals surface area (Å²) in [6.45, 7) is 3.91. The number of esters is 2. The van der Waals surface area contributed by atoms with Crippen LogP contribution in [-0.4, -0.2) is 82.2 Å². The molecular weight excluding hydrogens is 741 g/mol. The lowest BCUT2D eigenvalue weighted by molar-refractivity contribution is -0.870. The highest BCUT2D eigenvalue weighted by Gasteiger charge is 2.36. The second-order valence-corrected chi connectivity index (χ2v) is 16.8. The van der Waals surface area contributed by atoms with Crippen molar-refractivity contribution in [2.75, 3.05) is 47.5 Å². The summed E-state index contributed by atoms with van der Waals surface area (Å²) in [4.78, 5) is 37.6. The van der Waals surface area contributed by atoms with Crippen LogP contribution in [-0.2, 0) is 37.4 Å². The maximum atomic E-state index is 12.7. The maximum absolute atomic E-state index is 12.7. The van der Waals surface area contributed by atoms with Gasteiger partial charge in [-0.2, -0.15) is 0 Å². The number of epoxide rings is 1. The highest BCUT2D eigenvalue weighted by molar-refractivity contribution is 7.45. The average Bonchev–Trinajstić information content (AvgIpc) is 3.91. The Morgan fingerprint density at radius 3 is 1.79 bits per heavy atom. The largest absolute Gasteiger partial charge is 0.756 e. The number of nitrogens with zero attached hydrogens (tertiary/aromatic N) is 1. The van der Waals surface area contributed by atoms with E-state index in [-0.39, 0.29) is 38.3 Å². The van der Waals surface area contributed by atoms with E-state index >= 15 is 0 Å². The van der Waals surface area contributed by atoms with Crippen LogP contribution in [0.1, 0.15) is 129 Å². The number of likely N-dealkylation sites (N-methyl/N-ethyl adjacent to an activating group) is 1. The van der Waals surface area contributed by atoms with Gasteiger partial charge in [0.25, 0.3) is 7.82 Å². The third kappa shape index (κ3) is 34.9. The Morgan fingerprint density at radius 1 is 0.667 bits per heavy atom. The Balaban J connectivity index is 2.40. The zero-order valence-electron chi connectivity index (χ0n) is 35.9.